The second kappa shape index (κ2) is 4.72. The molecular formula is C12H17NO3. The van der Waals surface area contributed by atoms with Crippen LogP contribution in [0.3, 0.4) is 0 Å². The highest BCUT2D eigenvalue weighted by molar-refractivity contribution is 5.41. The molecule has 16 heavy (non-hydrogen) atoms. The molecule has 1 saturated carbocycles. The summed E-state index contributed by atoms with van der Waals surface area (Å²) in [5.74, 6) is 0.651. The fraction of sp³-hybridized carbons (Fsp3) is 0.500. The lowest BCUT2D eigenvalue weighted by Gasteiger charge is -2.32. The lowest BCUT2D eigenvalue weighted by molar-refractivity contribution is 0.0619. The van der Waals surface area contributed by atoms with Gasteiger partial charge in [-0.1, -0.05) is 6.07 Å². The lowest BCUT2D eigenvalue weighted by Crippen LogP contribution is -2.43. The van der Waals surface area contributed by atoms with Gasteiger partial charge in [-0.25, -0.2) is 0 Å². The molecule has 0 atom stereocenters. The minimum atomic E-state index is -0.133. The van der Waals surface area contributed by atoms with Gasteiger partial charge >= 0.3 is 0 Å². The Morgan fingerprint density at radius 2 is 2.19 bits per heavy atom. The number of methoxy groups -OCH3 is 1. The molecule has 88 valence electrons. The molecule has 0 radical (unpaired) electrons. The third kappa shape index (κ3) is 2.46. The molecule has 0 spiro atoms. The summed E-state index contributed by atoms with van der Waals surface area (Å²) in [7, 11) is 1.54. The molecule has 0 amide bonds. The summed E-state index contributed by atoms with van der Waals surface area (Å²) in [6.07, 6.45) is 1.52. The Bertz CT molecular complexity index is 361. The van der Waals surface area contributed by atoms with Gasteiger partial charge in [0.15, 0.2) is 11.5 Å². The van der Waals surface area contributed by atoms with Crippen molar-refractivity contribution in [2.75, 3.05) is 7.11 Å². The smallest absolute Gasteiger partial charge is 0.160 e. The summed E-state index contributed by atoms with van der Waals surface area (Å²) >= 11 is 0. The van der Waals surface area contributed by atoms with E-state index in [9.17, 15) is 5.11 Å². The van der Waals surface area contributed by atoms with Crippen LogP contribution in [0.15, 0.2) is 18.2 Å². The van der Waals surface area contributed by atoms with Gasteiger partial charge in [0.1, 0.15) is 0 Å². The Balaban J connectivity index is 1.89. The number of nitrogens with one attached hydrogen (secondary N) is 1. The Hall–Kier alpha value is -1.26. The van der Waals surface area contributed by atoms with Crippen LogP contribution in [-0.4, -0.2) is 29.5 Å². The quantitative estimate of drug-likeness (QED) is 0.713. The van der Waals surface area contributed by atoms with Crippen molar-refractivity contribution in [2.45, 2.75) is 31.5 Å². The van der Waals surface area contributed by atoms with Gasteiger partial charge in [-0.15, -0.1) is 0 Å². The molecule has 1 aromatic rings. The van der Waals surface area contributed by atoms with E-state index in [1.54, 1.807) is 6.07 Å². The summed E-state index contributed by atoms with van der Waals surface area (Å²) in [5, 5.41) is 21.9. The summed E-state index contributed by atoms with van der Waals surface area (Å²) < 4.78 is 5.03. The minimum Gasteiger partial charge on any atom is -0.504 e. The molecule has 4 heteroatoms. The number of hydrogen-bond donors (Lipinski definition) is 3. The number of phenolic OH excluding ortho intramolecular Hbond substituents is 1. The van der Waals surface area contributed by atoms with Gasteiger partial charge < -0.3 is 20.3 Å². The molecule has 0 saturated heterocycles. The van der Waals surface area contributed by atoms with Gasteiger partial charge in [-0.05, 0) is 30.5 Å². The Kier molecular flexibility index (Phi) is 3.31. The molecule has 3 N–H and O–H groups in total. The Morgan fingerprint density at radius 3 is 2.81 bits per heavy atom. The highest BCUT2D eigenvalue weighted by atomic mass is 16.5. The summed E-state index contributed by atoms with van der Waals surface area (Å²) in [4.78, 5) is 0. The average Bonchev–Trinajstić information content (AvgIpc) is 2.24. The Labute approximate surface area is 94.9 Å². The number of hydrogen-bond acceptors (Lipinski definition) is 4. The van der Waals surface area contributed by atoms with Crippen molar-refractivity contribution in [3.05, 3.63) is 23.8 Å². The third-order valence-corrected chi connectivity index (χ3v) is 2.95. The highest BCUT2D eigenvalue weighted by Crippen LogP contribution is 2.26. The molecule has 0 bridgehead atoms. The predicted molar refractivity (Wildman–Crippen MR) is 60.5 cm³/mol. The maximum absolute atomic E-state index is 9.43. The van der Waals surface area contributed by atoms with E-state index in [1.807, 2.05) is 12.1 Å². The zero-order valence-electron chi connectivity index (χ0n) is 9.31. The van der Waals surface area contributed by atoms with E-state index in [4.69, 9.17) is 9.84 Å². The van der Waals surface area contributed by atoms with Crippen LogP contribution in [0, 0.1) is 0 Å². The van der Waals surface area contributed by atoms with Gasteiger partial charge in [0.2, 0.25) is 0 Å². The largest absolute Gasteiger partial charge is 0.504 e. The number of phenols is 1. The van der Waals surface area contributed by atoms with Crippen LogP contribution in [0.5, 0.6) is 11.5 Å². The minimum absolute atomic E-state index is 0.133. The number of rotatable bonds is 4. The van der Waals surface area contributed by atoms with Crippen molar-refractivity contribution in [1.29, 1.82) is 0 Å². The fourth-order valence-corrected chi connectivity index (χ4v) is 1.85. The van der Waals surface area contributed by atoms with Gasteiger partial charge in [0, 0.05) is 12.6 Å². The number of aliphatic hydroxyl groups excluding tert-OH is 1. The first kappa shape index (κ1) is 11.2. The van der Waals surface area contributed by atoms with Crippen LogP contribution in [0.25, 0.3) is 0 Å². The van der Waals surface area contributed by atoms with Crippen molar-refractivity contribution in [2.24, 2.45) is 0 Å². The van der Waals surface area contributed by atoms with E-state index in [-0.39, 0.29) is 11.9 Å². The lowest BCUT2D eigenvalue weighted by atomic mass is 9.89. The van der Waals surface area contributed by atoms with E-state index in [0.717, 1.165) is 24.9 Å². The molecule has 0 aliphatic heterocycles. The van der Waals surface area contributed by atoms with Gasteiger partial charge in [0.05, 0.1) is 13.2 Å². The first-order chi connectivity index (χ1) is 7.69. The molecule has 4 nitrogen and oxygen atoms in total. The van der Waals surface area contributed by atoms with Crippen LogP contribution in [0.4, 0.5) is 0 Å². The normalized spacial score (nSPS) is 23.9. The van der Waals surface area contributed by atoms with E-state index in [0.29, 0.717) is 11.8 Å². The molecule has 1 aromatic carbocycles. The van der Waals surface area contributed by atoms with Crippen LogP contribution >= 0.6 is 0 Å². The summed E-state index contributed by atoms with van der Waals surface area (Å²) in [6, 6.07) is 5.72. The molecular weight excluding hydrogens is 206 g/mol. The molecule has 1 aliphatic rings. The van der Waals surface area contributed by atoms with Crippen LogP contribution < -0.4 is 10.1 Å². The summed E-state index contributed by atoms with van der Waals surface area (Å²) in [6.45, 7) is 0.730. The molecule has 0 unspecified atom stereocenters. The van der Waals surface area contributed by atoms with E-state index in [2.05, 4.69) is 5.32 Å². The van der Waals surface area contributed by atoms with Crippen molar-refractivity contribution in [1.82, 2.24) is 5.32 Å². The van der Waals surface area contributed by atoms with E-state index in [1.165, 1.54) is 7.11 Å². The van der Waals surface area contributed by atoms with Gasteiger partial charge in [0.25, 0.3) is 0 Å². The van der Waals surface area contributed by atoms with Crippen molar-refractivity contribution >= 4 is 0 Å². The zero-order chi connectivity index (χ0) is 11.5. The monoisotopic (exact) mass is 223 g/mol. The van der Waals surface area contributed by atoms with Gasteiger partial charge in [-0.3, -0.25) is 0 Å². The van der Waals surface area contributed by atoms with Crippen LogP contribution in [-0.2, 0) is 6.54 Å². The highest BCUT2D eigenvalue weighted by Gasteiger charge is 2.26. The van der Waals surface area contributed by atoms with Crippen molar-refractivity contribution in [3.63, 3.8) is 0 Å². The summed E-state index contributed by atoms with van der Waals surface area (Å²) in [5.41, 5.74) is 1.07. The molecule has 1 aliphatic carbocycles. The molecule has 0 heterocycles. The maximum atomic E-state index is 9.43. The molecule has 1 fully saturated rings. The van der Waals surface area contributed by atoms with E-state index < -0.39 is 0 Å². The maximum Gasteiger partial charge on any atom is 0.160 e. The second-order valence-corrected chi connectivity index (χ2v) is 4.21. The third-order valence-electron chi connectivity index (χ3n) is 2.95. The van der Waals surface area contributed by atoms with Crippen LogP contribution in [0.1, 0.15) is 18.4 Å². The van der Waals surface area contributed by atoms with Crippen LogP contribution in [0.2, 0.25) is 0 Å². The Morgan fingerprint density at radius 1 is 1.44 bits per heavy atom. The zero-order valence-corrected chi connectivity index (χ0v) is 9.31. The molecule has 0 aromatic heterocycles. The first-order valence-electron chi connectivity index (χ1n) is 5.46. The SMILES string of the molecule is COc1cc(CNC2CC(O)C2)ccc1O. The number of aliphatic hydroxyl groups is 1. The van der Waals surface area contributed by atoms with Crippen molar-refractivity contribution < 1.29 is 14.9 Å². The fourth-order valence-electron chi connectivity index (χ4n) is 1.85. The van der Waals surface area contributed by atoms with Crippen molar-refractivity contribution in [3.8, 4) is 11.5 Å². The molecule has 2 rings (SSSR count). The van der Waals surface area contributed by atoms with Gasteiger partial charge in [-0.2, -0.15) is 0 Å². The number of ether oxygens (including phenoxy) is 1. The number of aromatic hydroxyl groups is 1. The topological polar surface area (TPSA) is 61.7 Å². The number of benzene rings is 1. The first-order valence-corrected chi connectivity index (χ1v) is 5.46. The average molecular weight is 223 g/mol. The standard InChI is InChI=1S/C12H17NO3/c1-16-12-4-8(2-3-11(12)15)7-13-9-5-10(14)6-9/h2-4,9-10,13-15H,5-7H2,1H3. The predicted octanol–water partition coefficient (Wildman–Crippen LogP) is 1.01. The second-order valence-electron chi connectivity index (χ2n) is 4.21. The van der Waals surface area contributed by atoms with E-state index >= 15 is 0 Å².